The minimum atomic E-state index is -0.218. The highest BCUT2D eigenvalue weighted by atomic mass is 32.2. The largest absolute Gasteiger partial charge is 0.495 e. The molecular weight excluding hydrogens is 274 g/mol. The molecule has 0 aliphatic carbocycles. The van der Waals surface area contributed by atoms with Crippen LogP contribution in [0.3, 0.4) is 0 Å². The zero-order valence-electron chi connectivity index (χ0n) is 11.7. The SMILES string of the molecule is COc1ccccc1NC(=O)[C@H](C)Sc1cnn(C)c1. The second kappa shape index (κ2) is 6.47. The number of para-hydroxylation sites is 2. The minimum absolute atomic E-state index is 0.0663. The summed E-state index contributed by atoms with van der Waals surface area (Å²) >= 11 is 1.47. The van der Waals surface area contributed by atoms with Crippen LogP contribution in [0.5, 0.6) is 5.75 Å². The number of amides is 1. The standard InChI is InChI=1S/C14H17N3O2S/c1-10(20-11-8-15-17(2)9-11)14(18)16-12-6-4-5-7-13(12)19-3/h4-10H,1-3H3,(H,16,18)/t10-/m0/s1. The van der Waals surface area contributed by atoms with Crippen LogP contribution in [0.15, 0.2) is 41.6 Å². The maximum absolute atomic E-state index is 12.2. The number of nitrogens with zero attached hydrogens (tertiary/aromatic N) is 2. The lowest BCUT2D eigenvalue weighted by Gasteiger charge is -2.13. The van der Waals surface area contributed by atoms with Gasteiger partial charge in [-0.25, -0.2) is 0 Å². The highest BCUT2D eigenvalue weighted by molar-refractivity contribution is 8.00. The number of nitrogens with one attached hydrogen (secondary N) is 1. The summed E-state index contributed by atoms with van der Waals surface area (Å²) in [5.74, 6) is 0.586. The number of aryl methyl sites for hydroxylation is 1. The Hall–Kier alpha value is -1.95. The number of hydrogen-bond acceptors (Lipinski definition) is 4. The summed E-state index contributed by atoms with van der Waals surface area (Å²) in [6, 6.07) is 7.35. The summed E-state index contributed by atoms with van der Waals surface area (Å²) in [4.78, 5) is 13.1. The van der Waals surface area contributed by atoms with Gasteiger partial charge in [0.25, 0.3) is 0 Å². The molecule has 0 saturated carbocycles. The third-order valence-electron chi connectivity index (χ3n) is 2.73. The topological polar surface area (TPSA) is 56.1 Å². The predicted molar refractivity (Wildman–Crippen MR) is 80.2 cm³/mol. The van der Waals surface area contributed by atoms with Crippen molar-refractivity contribution in [3.05, 3.63) is 36.7 Å². The van der Waals surface area contributed by atoms with E-state index < -0.39 is 0 Å². The van der Waals surface area contributed by atoms with E-state index in [1.54, 1.807) is 18.0 Å². The molecule has 0 unspecified atom stereocenters. The Bertz CT molecular complexity index is 598. The number of anilines is 1. The second-order valence-electron chi connectivity index (χ2n) is 4.30. The fraction of sp³-hybridized carbons (Fsp3) is 0.286. The first-order valence-corrected chi connectivity index (χ1v) is 7.07. The number of hydrogen-bond donors (Lipinski definition) is 1. The maximum atomic E-state index is 12.2. The molecule has 1 heterocycles. The first kappa shape index (κ1) is 14.5. The molecule has 1 amide bonds. The van der Waals surface area contributed by atoms with E-state index in [9.17, 15) is 4.79 Å². The van der Waals surface area contributed by atoms with Crippen molar-refractivity contribution >= 4 is 23.4 Å². The quantitative estimate of drug-likeness (QED) is 0.860. The number of methoxy groups -OCH3 is 1. The Morgan fingerprint density at radius 3 is 2.85 bits per heavy atom. The molecule has 0 aliphatic rings. The van der Waals surface area contributed by atoms with Gasteiger partial charge < -0.3 is 10.1 Å². The number of carbonyl (C=O) groups is 1. The van der Waals surface area contributed by atoms with Crippen molar-refractivity contribution in [2.75, 3.05) is 12.4 Å². The average Bonchev–Trinajstić information content (AvgIpc) is 2.84. The van der Waals surface area contributed by atoms with Crippen molar-refractivity contribution in [3.63, 3.8) is 0 Å². The van der Waals surface area contributed by atoms with E-state index in [1.807, 2.05) is 44.4 Å². The lowest BCUT2D eigenvalue weighted by atomic mass is 10.3. The molecule has 1 atom stereocenters. The number of rotatable bonds is 5. The van der Waals surface area contributed by atoms with Gasteiger partial charge in [-0.05, 0) is 19.1 Å². The molecule has 0 aliphatic heterocycles. The molecule has 6 heteroatoms. The van der Waals surface area contributed by atoms with Gasteiger partial charge in [-0.2, -0.15) is 5.10 Å². The molecule has 1 aromatic heterocycles. The number of aromatic nitrogens is 2. The average molecular weight is 291 g/mol. The van der Waals surface area contributed by atoms with Crippen LogP contribution < -0.4 is 10.1 Å². The zero-order chi connectivity index (χ0) is 14.5. The van der Waals surface area contributed by atoms with E-state index in [2.05, 4.69) is 10.4 Å². The minimum Gasteiger partial charge on any atom is -0.495 e. The Labute approximate surface area is 122 Å². The van der Waals surface area contributed by atoms with Crippen LogP contribution in [0.2, 0.25) is 0 Å². The second-order valence-corrected chi connectivity index (χ2v) is 5.71. The first-order valence-electron chi connectivity index (χ1n) is 6.19. The van der Waals surface area contributed by atoms with Crippen LogP contribution in [0.1, 0.15) is 6.92 Å². The molecule has 1 aromatic carbocycles. The number of benzene rings is 1. The van der Waals surface area contributed by atoms with Crippen molar-refractivity contribution in [1.29, 1.82) is 0 Å². The molecule has 0 saturated heterocycles. The molecule has 5 nitrogen and oxygen atoms in total. The highest BCUT2D eigenvalue weighted by Gasteiger charge is 2.16. The van der Waals surface area contributed by atoms with Gasteiger partial charge in [0.15, 0.2) is 0 Å². The predicted octanol–water partition coefficient (Wildman–Crippen LogP) is 2.55. The Balaban J connectivity index is 2.00. The van der Waals surface area contributed by atoms with Crippen LogP contribution in [0.25, 0.3) is 0 Å². The summed E-state index contributed by atoms with van der Waals surface area (Å²) in [6.07, 6.45) is 3.63. The number of ether oxygens (including phenoxy) is 1. The maximum Gasteiger partial charge on any atom is 0.237 e. The fourth-order valence-electron chi connectivity index (χ4n) is 1.70. The van der Waals surface area contributed by atoms with Crippen LogP contribution in [0.4, 0.5) is 5.69 Å². The molecular formula is C14H17N3O2S. The van der Waals surface area contributed by atoms with Gasteiger partial charge >= 0.3 is 0 Å². The molecule has 0 bridgehead atoms. The van der Waals surface area contributed by atoms with Crippen molar-refractivity contribution in [1.82, 2.24) is 9.78 Å². The molecule has 0 fully saturated rings. The van der Waals surface area contributed by atoms with Crippen molar-refractivity contribution in [2.24, 2.45) is 7.05 Å². The summed E-state index contributed by atoms with van der Waals surface area (Å²) in [5.41, 5.74) is 0.679. The van der Waals surface area contributed by atoms with Gasteiger partial charge in [-0.1, -0.05) is 12.1 Å². The summed E-state index contributed by atoms with van der Waals surface area (Å²) in [5, 5.41) is 6.74. The van der Waals surface area contributed by atoms with E-state index >= 15 is 0 Å². The van der Waals surface area contributed by atoms with Gasteiger partial charge in [0.1, 0.15) is 5.75 Å². The van der Waals surface area contributed by atoms with Crippen molar-refractivity contribution in [3.8, 4) is 5.75 Å². The van der Waals surface area contributed by atoms with E-state index in [4.69, 9.17) is 4.74 Å². The van der Waals surface area contributed by atoms with Gasteiger partial charge in [0.05, 0.1) is 24.2 Å². The van der Waals surface area contributed by atoms with E-state index in [0.717, 1.165) is 4.90 Å². The van der Waals surface area contributed by atoms with E-state index in [1.165, 1.54) is 11.8 Å². The third kappa shape index (κ3) is 3.54. The zero-order valence-corrected chi connectivity index (χ0v) is 12.5. The van der Waals surface area contributed by atoms with Gasteiger partial charge in [-0.3, -0.25) is 9.48 Å². The monoisotopic (exact) mass is 291 g/mol. The summed E-state index contributed by atoms with van der Waals surface area (Å²) in [7, 11) is 3.43. The summed E-state index contributed by atoms with van der Waals surface area (Å²) < 4.78 is 6.93. The van der Waals surface area contributed by atoms with Crippen LogP contribution in [-0.4, -0.2) is 28.0 Å². The third-order valence-corrected chi connectivity index (χ3v) is 3.78. The smallest absolute Gasteiger partial charge is 0.237 e. The molecule has 2 aromatic rings. The van der Waals surface area contributed by atoms with Crippen LogP contribution >= 0.6 is 11.8 Å². The van der Waals surface area contributed by atoms with Crippen molar-refractivity contribution in [2.45, 2.75) is 17.1 Å². The molecule has 0 spiro atoms. The van der Waals surface area contributed by atoms with Gasteiger partial charge in [0.2, 0.25) is 5.91 Å². The lowest BCUT2D eigenvalue weighted by molar-refractivity contribution is -0.115. The van der Waals surface area contributed by atoms with Crippen LogP contribution in [0, 0.1) is 0 Å². The van der Waals surface area contributed by atoms with E-state index in [0.29, 0.717) is 11.4 Å². The highest BCUT2D eigenvalue weighted by Crippen LogP contribution is 2.26. The number of thioether (sulfide) groups is 1. The normalized spacial score (nSPS) is 11.9. The lowest BCUT2D eigenvalue weighted by Crippen LogP contribution is -2.22. The van der Waals surface area contributed by atoms with Gasteiger partial charge in [-0.15, -0.1) is 11.8 Å². The molecule has 20 heavy (non-hydrogen) atoms. The van der Waals surface area contributed by atoms with Crippen molar-refractivity contribution < 1.29 is 9.53 Å². The molecule has 1 N–H and O–H groups in total. The molecule has 2 rings (SSSR count). The van der Waals surface area contributed by atoms with Gasteiger partial charge in [0, 0.05) is 18.1 Å². The Kier molecular flexibility index (Phi) is 4.68. The molecule has 106 valence electrons. The first-order chi connectivity index (χ1) is 9.60. The molecule has 0 radical (unpaired) electrons. The number of carbonyl (C=O) groups excluding carboxylic acids is 1. The van der Waals surface area contributed by atoms with Crippen LogP contribution in [-0.2, 0) is 11.8 Å². The Morgan fingerprint density at radius 2 is 2.20 bits per heavy atom. The fourth-order valence-corrected chi connectivity index (χ4v) is 2.60. The Morgan fingerprint density at radius 1 is 1.45 bits per heavy atom. The summed E-state index contributed by atoms with van der Waals surface area (Å²) in [6.45, 7) is 1.86. The van der Waals surface area contributed by atoms with E-state index in [-0.39, 0.29) is 11.2 Å².